The molecule has 27 heavy (non-hydrogen) atoms. The summed E-state index contributed by atoms with van der Waals surface area (Å²) in [5, 5.41) is 2.49. The number of nitrogens with one attached hydrogen (secondary N) is 1. The summed E-state index contributed by atoms with van der Waals surface area (Å²) in [5.41, 5.74) is 0.820. The Morgan fingerprint density at radius 1 is 1.30 bits per heavy atom. The Hall–Kier alpha value is -2.90. The number of ether oxygens (including phenoxy) is 1. The highest BCUT2D eigenvalue weighted by Crippen LogP contribution is 2.32. The summed E-state index contributed by atoms with van der Waals surface area (Å²) in [5.74, 6) is -1.65. The number of amides is 4. The van der Waals surface area contributed by atoms with Crippen LogP contribution in [0.5, 0.6) is 0 Å². The predicted molar refractivity (Wildman–Crippen MR) is 97.0 cm³/mol. The number of imide groups is 1. The van der Waals surface area contributed by atoms with Crippen LogP contribution in [0, 0.1) is 0 Å². The number of urea groups is 1. The fraction of sp³-hybridized carbons (Fsp3) is 0.474. The van der Waals surface area contributed by atoms with Gasteiger partial charge in [-0.2, -0.15) is 0 Å². The molecule has 1 fully saturated rings. The summed E-state index contributed by atoms with van der Waals surface area (Å²) in [6.45, 7) is 6.00. The van der Waals surface area contributed by atoms with Crippen molar-refractivity contribution in [2.75, 3.05) is 11.4 Å². The molecule has 2 heterocycles. The van der Waals surface area contributed by atoms with E-state index in [2.05, 4.69) is 5.32 Å². The standard InChI is InChI=1S/C19H23N3O5/c1-11-9-13-7-5-6-8-14(13)22(11)16(24)12(2)27-15(23)10-21-17(25)19(3,4)20-18(21)26/h5-8,11-12H,9-10H2,1-4H3,(H,20,26)/t11-,12+/m1/s1. The summed E-state index contributed by atoms with van der Waals surface area (Å²) in [6, 6.07) is 6.91. The molecule has 1 saturated heterocycles. The number of rotatable bonds is 4. The minimum Gasteiger partial charge on any atom is -0.451 e. The largest absolute Gasteiger partial charge is 0.451 e. The van der Waals surface area contributed by atoms with Gasteiger partial charge in [-0.15, -0.1) is 0 Å². The maximum Gasteiger partial charge on any atom is 0.327 e. The Kier molecular flexibility index (Phi) is 4.67. The Morgan fingerprint density at radius 3 is 2.59 bits per heavy atom. The number of fused-ring (bicyclic) bond motifs is 1. The first kappa shape index (κ1) is 18.9. The van der Waals surface area contributed by atoms with Crippen LogP contribution in [0.25, 0.3) is 0 Å². The quantitative estimate of drug-likeness (QED) is 0.632. The molecule has 0 radical (unpaired) electrons. The first-order chi connectivity index (χ1) is 12.6. The number of hydrogen-bond donors (Lipinski definition) is 1. The fourth-order valence-corrected chi connectivity index (χ4v) is 3.47. The second kappa shape index (κ2) is 6.68. The second-order valence-electron chi connectivity index (χ2n) is 7.47. The minimum atomic E-state index is -1.06. The Morgan fingerprint density at radius 2 is 1.96 bits per heavy atom. The topological polar surface area (TPSA) is 96.0 Å². The molecule has 2 atom stereocenters. The number of nitrogens with zero attached hydrogens (tertiary/aromatic N) is 2. The van der Waals surface area contributed by atoms with Crippen LogP contribution >= 0.6 is 0 Å². The van der Waals surface area contributed by atoms with Crippen molar-refractivity contribution in [1.82, 2.24) is 10.2 Å². The van der Waals surface area contributed by atoms with E-state index >= 15 is 0 Å². The van der Waals surface area contributed by atoms with Crippen molar-refractivity contribution in [3.63, 3.8) is 0 Å². The van der Waals surface area contributed by atoms with Crippen LogP contribution in [0.3, 0.4) is 0 Å². The molecular formula is C19H23N3O5. The molecule has 1 N–H and O–H groups in total. The lowest BCUT2D eigenvalue weighted by Gasteiger charge is -2.26. The van der Waals surface area contributed by atoms with E-state index in [9.17, 15) is 19.2 Å². The van der Waals surface area contributed by atoms with Gasteiger partial charge >= 0.3 is 12.0 Å². The molecule has 0 aliphatic carbocycles. The molecule has 4 amide bonds. The van der Waals surface area contributed by atoms with Crippen LogP contribution in [0.4, 0.5) is 10.5 Å². The van der Waals surface area contributed by atoms with Crippen molar-refractivity contribution in [1.29, 1.82) is 0 Å². The zero-order valence-electron chi connectivity index (χ0n) is 15.8. The number of benzene rings is 1. The van der Waals surface area contributed by atoms with Gasteiger partial charge < -0.3 is 15.0 Å². The lowest BCUT2D eigenvalue weighted by molar-refractivity contribution is -0.155. The van der Waals surface area contributed by atoms with Crippen LogP contribution in [0.2, 0.25) is 0 Å². The minimum absolute atomic E-state index is 0.0391. The molecule has 8 heteroatoms. The van der Waals surface area contributed by atoms with E-state index in [0.717, 1.165) is 22.6 Å². The van der Waals surface area contributed by atoms with Gasteiger partial charge in [0, 0.05) is 11.7 Å². The summed E-state index contributed by atoms with van der Waals surface area (Å²) >= 11 is 0. The highest BCUT2D eigenvalue weighted by Gasteiger charge is 2.45. The van der Waals surface area contributed by atoms with Crippen molar-refractivity contribution in [3.05, 3.63) is 29.8 Å². The molecule has 0 unspecified atom stereocenters. The SMILES string of the molecule is C[C@H](OC(=O)CN1C(=O)NC(C)(C)C1=O)C(=O)N1c2ccccc2C[C@H]1C. The molecule has 0 spiro atoms. The van der Waals surface area contributed by atoms with Crippen LogP contribution in [0.15, 0.2) is 24.3 Å². The summed E-state index contributed by atoms with van der Waals surface area (Å²) < 4.78 is 5.21. The Balaban J connectivity index is 1.64. The number of anilines is 1. The molecule has 0 bridgehead atoms. The zero-order chi connectivity index (χ0) is 19.9. The van der Waals surface area contributed by atoms with Gasteiger partial charge in [0.1, 0.15) is 12.1 Å². The summed E-state index contributed by atoms with van der Waals surface area (Å²) in [6.07, 6.45) is -0.292. The number of hydrogen-bond acceptors (Lipinski definition) is 5. The van der Waals surface area contributed by atoms with E-state index in [0.29, 0.717) is 0 Å². The monoisotopic (exact) mass is 373 g/mol. The van der Waals surface area contributed by atoms with Gasteiger partial charge in [-0.1, -0.05) is 18.2 Å². The van der Waals surface area contributed by atoms with Gasteiger partial charge in [-0.3, -0.25) is 19.3 Å². The average molecular weight is 373 g/mol. The zero-order valence-corrected chi connectivity index (χ0v) is 15.8. The smallest absolute Gasteiger partial charge is 0.327 e. The van der Waals surface area contributed by atoms with Crippen molar-refractivity contribution < 1.29 is 23.9 Å². The Labute approximate surface area is 157 Å². The van der Waals surface area contributed by atoms with Crippen molar-refractivity contribution in [3.8, 4) is 0 Å². The first-order valence-corrected chi connectivity index (χ1v) is 8.86. The molecule has 0 aromatic heterocycles. The van der Waals surface area contributed by atoms with Gasteiger partial charge in [-0.05, 0) is 45.7 Å². The molecule has 2 aliphatic heterocycles. The molecule has 3 rings (SSSR count). The predicted octanol–water partition coefficient (Wildman–Crippen LogP) is 1.23. The summed E-state index contributed by atoms with van der Waals surface area (Å²) in [7, 11) is 0. The Bertz CT molecular complexity index is 819. The van der Waals surface area contributed by atoms with E-state index in [-0.39, 0.29) is 11.9 Å². The third kappa shape index (κ3) is 3.39. The normalized spacial score (nSPS) is 21.7. The molecule has 1 aromatic carbocycles. The van der Waals surface area contributed by atoms with Crippen molar-refractivity contribution in [2.45, 2.75) is 51.8 Å². The van der Waals surface area contributed by atoms with Crippen LogP contribution in [-0.2, 0) is 25.5 Å². The van der Waals surface area contributed by atoms with Gasteiger partial charge in [0.15, 0.2) is 6.10 Å². The number of para-hydroxylation sites is 1. The summed E-state index contributed by atoms with van der Waals surface area (Å²) in [4.78, 5) is 51.4. The maximum absolute atomic E-state index is 12.8. The van der Waals surface area contributed by atoms with Crippen molar-refractivity contribution in [2.24, 2.45) is 0 Å². The maximum atomic E-state index is 12.8. The van der Waals surface area contributed by atoms with E-state index in [1.165, 1.54) is 6.92 Å². The fourth-order valence-electron chi connectivity index (χ4n) is 3.47. The molecule has 0 saturated carbocycles. The second-order valence-corrected chi connectivity index (χ2v) is 7.47. The van der Waals surface area contributed by atoms with Crippen molar-refractivity contribution >= 4 is 29.5 Å². The highest BCUT2D eigenvalue weighted by molar-refractivity contribution is 6.08. The van der Waals surface area contributed by atoms with Gasteiger partial charge in [0.2, 0.25) is 0 Å². The van der Waals surface area contributed by atoms with Gasteiger partial charge in [0.05, 0.1) is 0 Å². The molecule has 1 aromatic rings. The number of carbonyl (C=O) groups is 4. The van der Waals surface area contributed by atoms with E-state index in [1.807, 2.05) is 31.2 Å². The van der Waals surface area contributed by atoms with E-state index in [4.69, 9.17) is 4.74 Å². The lowest BCUT2D eigenvalue weighted by Crippen LogP contribution is -2.45. The van der Waals surface area contributed by atoms with E-state index < -0.39 is 36.1 Å². The third-order valence-corrected chi connectivity index (χ3v) is 4.83. The van der Waals surface area contributed by atoms with Gasteiger partial charge in [-0.25, -0.2) is 4.79 Å². The molecular weight excluding hydrogens is 350 g/mol. The van der Waals surface area contributed by atoms with E-state index in [1.54, 1.807) is 18.7 Å². The van der Waals surface area contributed by atoms with Crippen LogP contribution in [-0.4, -0.2) is 52.9 Å². The molecule has 8 nitrogen and oxygen atoms in total. The van der Waals surface area contributed by atoms with Gasteiger partial charge in [0.25, 0.3) is 11.8 Å². The number of esters is 1. The lowest BCUT2D eigenvalue weighted by atomic mass is 10.1. The van der Waals surface area contributed by atoms with Crippen LogP contribution < -0.4 is 10.2 Å². The first-order valence-electron chi connectivity index (χ1n) is 8.86. The third-order valence-electron chi connectivity index (χ3n) is 4.83. The highest BCUT2D eigenvalue weighted by atomic mass is 16.5. The number of carbonyl (C=O) groups excluding carboxylic acids is 4. The molecule has 2 aliphatic rings. The van der Waals surface area contributed by atoms with Crippen LogP contribution in [0.1, 0.15) is 33.3 Å². The average Bonchev–Trinajstić information content (AvgIpc) is 3.01. The molecule has 144 valence electrons.